The lowest BCUT2D eigenvalue weighted by Gasteiger charge is -2.25. The number of rotatable bonds is 4. The molecule has 1 unspecified atom stereocenters. The molecule has 1 atom stereocenters. The summed E-state index contributed by atoms with van der Waals surface area (Å²) in [7, 11) is 0. The summed E-state index contributed by atoms with van der Waals surface area (Å²) < 4.78 is 5.00. The molecule has 0 saturated heterocycles. The van der Waals surface area contributed by atoms with Gasteiger partial charge < -0.3 is 14.8 Å². The van der Waals surface area contributed by atoms with E-state index < -0.39 is 5.97 Å². The van der Waals surface area contributed by atoms with Crippen molar-refractivity contribution in [2.45, 2.75) is 25.2 Å². The summed E-state index contributed by atoms with van der Waals surface area (Å²) in [5.41, 5.74) is 2.62. The number of carboxylic acid groups (broad SMARTS) is 1. The fraction of sp³-hybridized carbons (Fsp3) is 0.294. The van der Waals surface area contributed by atoms with Crippen LogP contribution in [0.1, 0.15) is 50.8 Å². The molecule has 1 aromatic heterocycles. The van der Waals surface area contributed by atoms with Crippen LogP contribution in [0.15, 0.2) is 41.0 Å². The lowest BCUT2D eigenvalue weighted by Crippen LogP contribution is -2.29. The van der Waals surface area contributed by atoms with Crippen molar-refractivity contribution in [1.82, 2.24) is 5.32 Å². The first-order chi connectivity index (χ1) is 10.6. The number of aryl methyl sites for hydroxylation is 1. The molecule has 2 N–H and O–H groups in total. The highest BCUT2D eigenvalue weighted by Crippen LogP contribution is 2.30. The van der Waals surface area contributed by atoms with Gasteiger partial charge in [-0.05, 0) is 30.4 Å². The molecule has 5 nitrogen and oxygen atoms in total. The van der Waals surface area contributed by atoms with E-state index in [0.717, 1.165) is 25.5 Å². The Morgan fingerprint density at radius 3 is 2.91 bits per heavy atom. The standard InChI is InChI=1S/C17H17NO4/c19-16(15-8-13(10-22-15)17(20)21)18-9-12-6-3-5-11-4-1-2-7-14(11)12/h1-2,4,7-8,10,12H,3,5-6,9H2,(H,18,19)(H,20,21). The van der Waals surface area contributed by atoms with Gasteiger partial charge in [-0.2, -0.15) is 0 Å². The molecule has 0 bridgehead atoms. The topological polar surface area (TPSA) is 79.5 Å². The van der Waals surface area contributed by atoms with Crippen molar-refractivity contribution in [3.63, 3.8) is 0 Å². The van der Waals surface area contributed by atoms with Crippen LogP contribution < -0.4 is 5.32 Å². The lowest BCUT2D eigenvalue weighted by atomic mass is 9.83. The van der Waals surface area contributed by atoms with E-state index in [0.29, 0.717) is 12.5 Å². The molecule has 22 heavy (non-hydrogen) atoms. The second kappa shape index (κ2) is 6.05. The Hall–Kier alpha value is -2.56. The van der Waals surface area contributed by atoms with Gasteiger partial charge in [-0.25, -0.2) is 4.79 Å². The molecular formula is C17H17NO4. The van der Waals surface area contributed by atoms with Crippen molar-refractivity contribution in [2.75, 3.05) is 6.54 Å². The highest BCUT2D eigenvalue weighted by atomic mass is 16.4. The molecule has 0 spiro atoms. The van der Waals surface area contributed by atoms with Gasteiger partial charge >= 0.3 is 5.97 Å². The van der Waals surface area contributed by atoms with Crippen molar-refractivity contribution in [2.24, 2.45) is 0 Å². The van der Waals surface area contributed by atoms with Crippen molar-refractivity contribution in [3.05, 3.63) is 59.0 Å². The van der Waals surface area contributed by atoms with Gasteiger partial charge in [-0.15, -0.1) is 0 Å². The Labute approximate surface area is 127 Å². The lowest BCUT2D eigenvalue weighted by molar-refractivity contribution is 0.0696. The van der Waals surface area contributed by atoms with E-state index in [1.165, 1.54) is 17.2 Å². The number of carboxylic acids is 1. The van der Waals surface area contributed by atoms with Crippen LogP contribution in [0.25, 0.3) is 0 Å². The van der Waals surface area contributed by atoms with E-state index in [1.807, 2.05) is 12.1 Å². The van der Waals surface area contributed by atoms with Crippen LogP contribution in [0.4, 0.5) is 0 Å². The van der Waals surface area contributed by atoms with Gasteiger partial charge in [0.2, 0.25) is 0 Å². The molecular weight excluding hydrogens is 282 g/mol. The second-order valence-electron chi connectivity index (χ2n) is 5.50. The zero-order chi connectivity index (χ0) is 15.5. The molecule has 0 saturated carbocycles. The minimum absolute atomic E-state index is 0.0202. The first-order valence-corrected chi connectivity index (χ1v) is 7.33. The van der Waals surface area contributed by atoms with E-state index in [-0.39, 0.29) is 17.2 Å². The number of hydrogen-bond acceptors (Lipinski definition) is 3. The van der Waals surface area contributed by atoms with Gasteiger partial charge in [0.05, 0.1) is 5.56 Å². The van der Waals surface area contributed by atoms with E-state index in [9.17, 15) is 9.59 Å². The molecule has 114 valence electrons. The zero-order valence-electron chi connectivity index (χ0n) is 12.0. The SMILES string of the molecule is O=C(O)c1coc(C(=O)NCC2CCCc3ccccc32)c1. The van der Waals surface area contributed by atoms with Crippen molar-refractivity contribution in [1.29, 1.82) is 0 Å². The summed E-state index contributed by atoms with van der Waals surface area (Å²) >= 11 is 0. The third kappa shape index (κ3) is 2.88. The number of furan rings is 1. The maximum absolute atomic E-state index is 12.0. The van der Waals surface area contributed by atoms with Crippen molar-refractivity contribution in [3.8, 4) is 0 Å². The van der Waals surface area contributed by atoms with Gasteiger partial charge in [-0.1, -0.05) is 24.3 Å². The monoisotopic (exact) mass is 299 g/mol. The normalized spacial score (nSPS) is 16.8. The smallest absolute Gasteiger partial charge is 0.338 e. The number of hydrogen-bond donors (Lipinski definition) is 2. The predicted octanol–water partition coefficient (Wildman–Crippen LogP) is 2.83. The first-order valence-electron chi connectivity index (χ1n) is 7.33. The average Bonchev–Trinajstić information content (AvgIpc) is 3.03. The number of amides is 1. The summed E-state index contributed by atoms with van der Waals surface area (Å²) in [6, 6.07) is 9.54. The maximum atomic E-state index is 12.0. The maximum Gasteiger partial charge on any atom is 0.338 e. The largest absolute Gasteiger partial charge is 0.478 e. The molecule has 1 amide bonds. The molecule has 0 aliphatic heterocycles. The van der Waals surface area contributed by atoms with E-state index in [1.54, 1.807) is 0 Å². The van der Waals surface area contributed by atoms with E-state index in [4.69, 9.17) is 9.52 Å². The molecule has 1 aliphatic rings. The van der Waals surface area contributed by atoms with Gasteiger partial charge in [0.1, 0.15) is 6.26 Å². The fourth-order valence-electron chi connectivity index (χ4n) is 2.94. The Morgan fingerprint density at radius 1 is 1.32 bits per heavy atom. The van der Waals surface area contributed by atoms with Crippen LogP contribution in [0.3, 0.4) is 0 Å². The van der Waals surface area contributed by atoms with Gasteiger partial charge in [-0.3, -0.25) is 4.79 Å². The first kappa shape index (κ1) is 14.4. The Bertz CT molecular complexity index is 704. The predicted molar refractivity (Wildman–Crippen MR) is 80.1 cm³/mol. The van der Waals surface area contributed by atoms with Crippen LogP contribution in [-0.2, 0) is 6.42 Å². The van der Waals surface area contributed by atoms with Crippen LogP contribution >= 0.6 is 0 Å². The van der Waals surface area contributed by atoms with E-state index >= 15 is 0 Å². The van der Waals surface area contributed by atoms with Gasteiger partial charge in [0.15, 0.2) is 5.76 Å². The molecule has 2 aromatic rings. The minimum Gasteiger partial charge on any atom is -0.478 e. The molecule has 5 heteroatoms. The summed E-state index contributed by atoms with van der Waals surface area (Å²) in [6.07, 6.45) is 4.31. The molecule has 1 heterocycles. The molecule has 1 aliphatic carbocycles. The number of benzene rings is 1. The third-order valence-corrected chi connectivity index (χ3v) is 4.07. The van der Waals surface area contributed by atoms with Crippen LogP contribution in [0.5, 0.6) is 0 Å². The molecule has 0 fully saturated rings. The Balaban J connectivity index is 1.65. The Kier molecular flexibility index (Phi) is 3.96. The van der Waals surface area contributed by atoms with E-state index in [2.05, 4.69) is 17.4 Å². The second-order valence-corrected chi connectivity index (χ2v) is 5.50. The average molecular weight is 299 g/mol. The summed E-state index contributed by atoms with van der Waals surface area (Å²) in [6.45, 7) is 0.527. The molecule has 3 rings (SSSR count). The molecule has 0 radical (unpaired) electrons. The number of fused-ring (bicyclic) bond motifs is 1. The van der Waals surface area contributed by atoms with Crippen LogP contribution in [0.2, 0.25) is 0 Å². The fourth-order valence-corrected chi connectivity index (χ4v) is 2.94. The number of carbonyl (C=O) groups is 2. The summed E-state index contributed by atoms with van der Waals surface area (Å²) in [4.78, 5) is 22.8. The number of nitrogens with one attached hydrogen (secondary N) is 1. The van der Waals surface area contributed by atoms with Gasteiger partial charge in [0, 0.05) is 18.5 Å². The van der Waals surface area contributed by atoms with Crippen LogP contribution in [0, 0.1) is 0 Å². The highest BCUT2D eigenvalue weighted by molar-refractivity contribution is 5.95. The zero-order valence-corrected chi connectivity index (χ0v) is 12.0. The van der Waals surface area contributed by atoms with Crippen molar-refractivity contribution >= 4 is 11.9 Å². The van der Waals surface area contributed by atoms with Crippen molar-refractivity contribution < 1.29 is 19.1 Å². The third-order valence-electron chi connectivity index (χ3n) is 4.07. The Morgan fingerprint density at radius 2 is 2.14 bits per heavy atom. The number of carbonyl (C=O) groups excluding carboxylic acids is 1. The molecule has 1 aromatic carbocycles. The highest BCUT2D eigenvalue weighted by Gasteiger charge is 2.21. The van der Waals surface area contributed by atoms with Gasteiger partial charge in [0.25, 0.3) is 5.91 Å². The number of aromatic carboxylic acids is 1. The quantitative estimate of drug-likeness (QED) is 0.909. The van der Waals surface area contributed by atoms with Crippen LogP contribution in [-0.4, -0.2) is 23.5 Å². The summed E-state index contributed by atoms with van der Waals surface area (Å²) in [5, 5.41) is 11.7. The minimum atomic E-state index is -1.11. The summed E-state index contributed by atoms with van der Waals surface area (Å²) in [5.74, 6) is -1.16.